The summed E-state index contributed by atoms with van der Waals surface area (Å²) in [7, 11) is 0. The molecule has 0 spiro atoms. The summed E-state index contributed by atoms with van der Waals surface area (Å²) < 4.78 is 0. The standard InChI is InChI=1S/C9H9N3OS2/c1-5(13)11-8-7(12-9(10)15-8)6-3-2-4-14-6/h2-4H,1H3,(H2,10,12)(H,11,13). The summed E-state index contributed by atoms with van der Waals surface area (Å²) in [4.78, 5) is 16.2. The van der Waals surface area contributed by atoms with E-state index in [1.54, 1.807) is 11.3 Å². The fraction of sp³-hybridized carbons (Fsp3) is 0.111. The summed E-state index contributed by atoms with van der Waals surface area (Å²) in [5, 5.41) is 5.86. The molecule has 1 amide bonds. The Labute approximate surface area is 94.8 Å². The Morgan fingerprint density at radius 1 is 1.60 bits per heavy atom. The SMILES string of the molecule is CC(=O)Nc1sc(N)nc1-c1cccs1. The number of carbonyl (C=O) groups excluding carboxylic acids is 1. The molecule has 0 aliphatic heterocycles. The molecule has 78 valence electrons. The van der Waals surface area contributed by atoms with E-state index in [1.807, 2.05) is 17.5 Å². The molecule has 0 saturated heterocycles. The highest BCUT2D eigenvalue weighted by Crippen LogP contribution is 2.36. The third kappa shape index (κ3) is 2.16. The van der Waals surface area contributed by atoms with Gasteiger partial charge in [-0.25, -0.2) is 4.98 Å². The molecule has 0 saturated carbocycles. The fourth-order valence-electron chi connectivity index (χ4n) is 1.16. The van der Waals surface area contributed by atoms with Crippen LogP contribution in [-0.4, -0.2) is 10.9 Å². The number of carbonyl (C=O) groups is 1. The van der Waals surface area contributed by atoms with Crippen molar-refractivity contribution in [2.75, 3.05) is 11.1 Å². The van der Waals surface area contributed by atoms with Crippen molar-refractivity contribution in [3.05, 3.63) is 17.5 Å². The number of nitrogens with one attached hydrogen (secondary N) is 1. The Bertz CT molecular complexity index is 476. The van der Waals surface area contributed by atoms with Gasteiger partial charge in [-0.3, -0.25) is 4.79 Å². The van der Waals surface area contributed by atoms with Crippen LogP contribution in [0.15, 0.2) is 17.5 Å². The van der Waals surface area contributed by atoms with Gasteiger partial charge in [0.1, 0.15) is 10.7 Å². The van der Waals surface area contributed by atoms with E-state index in [0.717, 1.165) is 10.6 Å². The van der Waals surface area contributed by atoms with Crippen molar-refractivity contribution in [1.29, 1.82) is 0 Å². The van der Waals surface area contributed by atoms with Crippen LogP contribution >= 0.6 is 22.7 Å². The molecule has 2 rings (SSSR count). The predicted octanol–water partition coefficient (Wildman–Crippen LogP) is 2.41. The number of rotatable bonds is 2. The second-order valence-corrected chi connectivity index (χ2v) is 4.87. The molecule has 3 N–H and O–H groups in total. The van der Waals surface area contributed by atoms with Gasteiger partial charge >= 0.3 is 0 Å². The van der Waals surface area contributed by atoms with E-state index in [-0.39, 0.29) is 5.91 Å². The van der Waals surface area contributed by atoms with Crippen LogP contribution in [0.2, 0.25) is 0 Å². The second-order valence-electron chi connectivity index (χ2n) is 2.89. The molecule has 0 fully saturated rings. The maximum Gasteiger partial charge on any atom is 0.221 e. The van der Waals surface area contributed by atoms with E-state index in [9.17, 15) is 4.79 Å². The molecule has 0 aliphatic rings. The number of thiophene rings is 1. The molecule has 2 heterocycles. The topological polar surface area (TPSA) is 68.0 Å². The van der Waals surface area contributed by atoms with Crippen LogP contribution in [0, 0.1) is 0 Å². The van der Waals surface area contributed by atoms with E-state index in [0.29, 0.717) is 10.1 Å². The number of anilines is 2. The van der Waals surface area contributed by atoms with Gasteiger partial charge in [-0.1, -0.05) is 17.4 Å². The number of amides is 1. The molecule has 2 aromatic rings. The Balaban J connectivity index is 2.42. The minimum absolute atomic E-state index is 0.114. The molecular weight excluding hydrogens is 230 g/mol. The normalized spacial score (nSPS) is 10.2. The van der Waals surface area contributed by atoms with Crippen molar-refractivity contribution in [2.45, 2.75) is 6.92 Å². The molecule has 2 aromatic heterocycles. The number of hydrogen-bond donors (Lipinski definition) is 2. The van der Waals surface area contributed by atoms with Gasteiger partial charge in [0.05, 0.1) is 4.88 Å². The zero-order valence-corrected chi connectivity index (χ0v) is 9.61. The summed E-state index contributed by atoms with van der Waals surface area (Å²) in [6.07, 6.45) is 0. The minimum Gasteiger partial charge on any atom is -0.375 e. The van der Waals surface area contributed by atoms with Gasteiger partial charge in [-0.05, 0) is 11.4 Å². The monoisotopic (exact) mass is 239 g/mol. The Morgan fingerprint density at radius 3 is 3.00 bits per heavy atom. The van der Waals surface area contributed by atoms with Gasteiger partial charge in [-0.15, -0.1) is 11.3 Å². The van der Waals surface area contributed by atoms with Crippen molar-refractivity contribution < 1.29 is 4.79 Å². The van der Waals surface area contributed by atoms with Gasteiger partial charge in [0.2, 0.25) is 5.91 Å². The lowest BCUT2D eigenvalue weighted by Crippen LogP contribution is -2.04. The molecule has 0 aromatic carbocycles. The maximum absolute atomic E-state index is 11.0. The summed E-state index contributed by atoms with van der Waals surface area (Å²) in [6.45, 7) is 1.47. The van der Waals surface area contributed by atoms with Gasteiger partial charge in [0, 0.05) is 6.92 Å². The number of thiazole rings is 1. The number of aromatic nitrogens is 1. The molecule has 0 bridgehead atoms. The number of nitrogens with two attached hydrogens (primary N) is 1. The number of hydrogen-bond acceptors (Lipinski definition) is 5. The summed E-state index contributed by atoms with van der Waals surface area (Å²) >= 11 is 2.85. The lowest BCUT2D eigenvalue weighted by Gasteiger charge is -1.99. The van der Waals surface area contributed by atoms with Crippen molar-refractivity contribution in [3.8, 4) is 10.6 Å². The molecule has 15 heavy (non-hydrogen) atoms. The first-order chi connectivity index (χ1) is 7.16. The second kappa shape index (κ2) is 4.00. The minimum atomic E-state index is -0.114. The Kier molecular flexibility index (Phi) is 2.70. The highest BCUT2D eigenvalue weighted by atomic mass is 32.1. The van der Waals surface area contributed by atoms with Crippen molar-refractivity contribution in [3.63, 3.8) is 0 Å². The quantitative estimate of drug-likeness (QED) is 0.845. The highest BCUT2D eigenvalue weighted by molar-refractivity contribution is 7.20. The summed E-state index contributed by atoms with van der Waals surface area (Å²) in [5.74, 6) is -0.114. The summed E-state index contributed by atoms with van der Waals surface area (Å²) in [5.41, 5.74) is 6.37. The fourth-order valence-corrected chi connectivity index (χ4v) is 2.74. The molecule has 0 radical (unpaired) electrons. The zero-order chi connectivity index (χ0) is 10.8. The molecule has 0 atom stereocenters. The van der Waals surface area contributed by atoms with Crippen molar-refractivity contribution in [1.82, 2.24) is 4.98 Å². The maximum atomic E-state index is 11.0. The van der Waals surface area contributed by atoms with Crippen LogP contribution in [-0.2, 0) is 4.79 Å². The molecule has 4 nitrogen and oxygen atoms in total. The van der Waals surface area contributed by atoms with Gasteiger partial charge in [-0.2, -0.15) is 0 Å². The Hall–Kier alpha value is -1.40. The smallest absolute Gasteiger partial charge is 0.221 e. The largest absolute Gasteiger partial charge is 0.375 e. The Morgan fingerprint density at radius 2 is 2.40 bits per heavy atom. The lowest BCUT2D eigenvalue weighted by molar-refractivity contribution is -0.114. The summed E-state index contributed by atoms with van der Waals surface area (Å²) in [6, 6.07) is 3.89. The van der Waals surface area contributed by atoms with E-state index in [4.69, 9.17) is 5.73 Å². The lowest BCUT2D eigenvalue weighted by atomic mass is 10.3. The highest BCUT2D eigenvalue weighted by Gasteiger charge is 2.13. The van der Waals surface area contributed by atoms with E-state index < -0.39 is 0 Å². The predicted molar refractivity (Wildman–Crippen MR) is 64.1 cm³/mol. The third-order valence-corrected chi connectivity index (χ3v) is 3.36. The average Bonchev–Trinajstić information content (AvgIpc) is 2.72. The van der Waals surface area contributed by atoms with Crippen LogP contribution in [0.1, 0.15) is 6.92 Å². The van der Waals surface area contributed by atoms with Crippen LogP contribution in [0.25, 0.3) is 10.6 Å². The third-order valence-electron chi connectivity index (χ3n) is 1.69. The van der Waals surface area contributed by atoms with Gasteiger partial charge in [0.25, 0.3) is 0 Å². The van der Waals surface area contributed by atoms with Crippen LogP contribution < -0.4 is 11.1 Å². The first kappa shape index (κ1) is 10.1. The average molecular weight is 239 g/mol. The van der Waals surface area contributed by atoms with Gasteiger partial charge < -0.3 is 11.1 Å². The van der Waals surface area contributed by atoms with Crippen LogP contribution in [0.5, 0.6) is 0 Å². The molecule has 6 heteroatoms. The first-order valence-corrected chi connectivity index (χ1v) is 5.94. The number of nitrogen functional groups attached to an aromatic ring is 1. The first-order valence-electron chi connectivity index (χ1n) is 4.24. The van der Waals surface area contributed by atoms with Crippen molar-refractivity contribution >= 4 is 38.7 Å². The van der Waals surface area contributed by atoms with E-state index in [1.165, 1.54) is 18.3 Å². The van der Waals surface area contributed by atoms with E-state index in [2.05, 4.69) is 10.3 Å². The molecule has 0 aliphatic carbocycles. The molecular formula is C9H9N3OS2. The van der Waals surface area contributed by atoms with E-state index >= 15 is 0 Å². The molecule has 0 unspecified atom stereocenters. The van der Waals surface area contributed by atoms with Crippen molar-refractivity contribution in [2.24, 2.45) is 0 Å². The van der Waals surface area contributed by atoms with Crippen LogP contribution in [0.3, 0.4) is 0 Å². The van der Waals surface area contributed by atoms with Gasteiger partial charge in [0.15, 0.2) is 5.13 Å². The van der Waals surface area contributed by atoms with Crippen LogP contribution in [0.4, 0.5) is 10.1 Å². The zero-order valence-electron chi connectivity index (χ0n) is 7.98. The number of nitrogens with zero attached hydrogens (tertiary/aromatic N) is 1.